The van der Waals surface area contributed by atoms with Gasteiger partial charge < -0.3 is 9.64 Å². The van der Waals surface area contributed by atoms with Crippen LogP contribution in [0.25, 0.3) is 11.1 Å². The molecule has 0 spiro atoms. The van der Waals surface area contributed by atoms with Crippen LogP contribution < -0.4 is 5.48 Å². The Bertz CT molecular complexity index is 1230. The zero-order valence-corrected chi connectivity index (χ0v) is 20.6. The SMILES string of the molecule is C[C@@](CCN1Cc2cc(-c3ccccc3F)ccc2C1=O)(C(=O)NOC1CCCCO1)S(C)(=O)=O. The molecular weight excluding hydrogens is 475 g/mol. The summed E-state index contributed by atoms with van der Waals surface area (Å²) in [7, 11) is -3.85. The summed E-state index contributed by atoms with van der Waals surface area (Å²) in [5.41, 5.74) is 4.54. The number of fused-ring (bicyclic) bond motifs is 1. The monoisotopic (exact) mass is 504 g/mol. The van der Waals surface area contributed by atoms with Crippen molar-refractivity contribution in [1.82, 2.24) is 10.4 Å². The van der Waals surface area contributed by atoms with Gasteiger partial charge in [-0.2, -0.15) is 0 Å². The number of halogens is 1. The highest BCUT2D eigenvalue weighted by Gasteiger charge is 2.45. The first-order valence-electron chi connectivity index (χ1n) is 11.5. The molecule has 0 bridgehead atoms. The molecule has 1 unspecified atom stereocenters. The molecule has 0 saturated carbocycles. The summed E-state index contributed by atoms with van der Waals surface area (Å²) in [5.74, 6) is -1.42. The third-order valence-electron chi connectivity index (χ3n) is 6.75. The van der Waals surface area contributed by atoms with E-state index in [4.69, 9.17) is 9.57 Å². The standard InChI is InChI=1S/C25H29FN2O6S/c1-25(35(2,31)32,24(30)27-34-22-9-5-6-14-33-22)12-13-28-16-18-15-17(10-11-20(18)23(28)29)19-7-3-4-8-21(19)26/h3-4,7-8,10-11,15,22H,5-6,9,12-14,16H2,1-2H3,(H,27,30)/t22?,25-/m1/s1. The van der Waals surface area contributed by atoms with Gasteiger partial charge in [0.2, 0.25) is 0 Å². The van der Waals surface area contributed by atoms with E-state index in [1.807, 2.05) is 0 Å². The summed E-state index contributed by atoms with van der Waals surface area (Å²) in [6.45, 7) is 2.12. The van der Waals surface area contributed by atoms with Crippen molar-refractivity contribution in [1.29, 1.82) is 0 Å². The highest BCUT2D eigenvalue weighted by Crippen LogP contribution is 2.31. The molecule has 2 atom stereocenters. The van der Waals surface area contributed by atoms with Crippen LogP contribution in [0.2, 0.25) is 0 Å². The summed E-state index contributed by atoms with van der Waals surface area (Å²) < 4.78 is 43.0. The zero-order valence-electron chi connectivity index (χ0n) is 19.8. The Morgan fingerprint density at radius 2 is 2.00 bits per heavy atom. The average molecular weight is 505 g/mol. The van der Waals surface area contributed by atoms with Crippen molar-refractivity contribution in [3.8, 4) is 11.1 Å². The molecule has 2 amide bonds. The number of ether oxygens (including phenoxy) is 1. The van der Waals surface area contributed by atoms with Crippen LogP contribution in [0.3, 0.4) is 0 Å². The first-order valence-corrected chi connectivity index (χ1v) is 13.4. The van der Waals surface area contributed by atoms with Gasteiger partial charge in [-0.05, 0) is 55.5 Å². The number of rotatable bonds is 8. The Labute approximate surface area is 204 Å². The van der Waals surface area contributed by atoms with Crippen molar-refractivity contribution >= 4 is 21.7 Å². The molecule has 1 fully saturated rings. The van der Waals surface area contributed by atoms with Crippen LogP contribution in [-0.4, -0.2) is 55.6 Å². The maximum absolute atomic E-state index is 14.2. The van der Waals surface area contributed by atoms with E-state index in [0.29, 0.717) is 29.7 Å². The van der Waals surface area contributed by atoms with E-state index in [9.17, 15) is 22.4 Å². The highest BCUT2D eigenvalue weighted by molar-refractivity contribution is 7.92. The van der Waals surface area contributed by atoms with Crippen molar-refractivity contribution in [2.75, 3.05) is 19.4 Å². The lowest BCUT2D eigenvalue weighted by atomic mass is 10.00. The van der Waals surface area contributed by atoms with Gasteiger partial charge in [0.15, 0.2) is 20.9 Å². The molecule has 35 heavy (non-hydrogen) atoms. The molecule has 8 nitrogen and oxygen atoms in total. The number of hydroxylamine groups is 1. The molecule has 2 heterocycles. The maximum Gasteiger partial charge on any atom is 0.264 e. The van der Waals surface area contributed by atoms with Crippen LogP contribution in [0.15, 0.2) is 42.5 Å². The number of carbonyl (C=O) groups excluding carboxylic acids is 2. The quantitative estimate of drug-likeness (QED) is 0.554. The largest absolute Gasteiger partial charge is 0.350 e. The third-order valence-corrected chi connectivity index (χ3v) is 8.77. The minimum absolute atomic E-state index is 0.0411. The first kappa shape index (κ1) is 25.3. The van der Waals surface area contributed by atoms with Gasteiger partial charge in [-0.3, -0.25) is 9.59 Å². The summed E-state index contributed by atoms with van der Waals surface area (Å²) >= 11 is 0. The van der Waals surface area contributed by atoms with Gasteiger partial charge in [0, 0.05) is 43.5 Å². The fraction of sp³-hybridized carbons (Fsp3) is 0.440. The number of nitrogens with zero attached hydrogens (tertiary/aromatic N) is 1. The van der Waals surface area contributed by atoms with Crippen molar-refractivity contribution < 1.29 is 32.0 Å². The molecule has 1 N–H and O–H groups in total. The number of carbonyl (C=O) groups is 2. The molecule has 4 rings (SSSR count). The van der Waals surface area contributed by atoms with Crippen molar-refractivity contribution in [3.05, 3.63) is 59.4 Å². The lowest BCUT2D eigenvalue weighted by Crippen LogP contribution is -2.52. The van der Waals surface area contributed by atoms with Crippen LogP contribution in [0.1, 0.15) is 48.5 Å². The highest BCUT2D eigenvalue weighted by atomic mass is 32.2. The van der Waals surface area contributed by atoms with Gasteiger partial charge in [-0.15, -0.1) is 0 Å². The second kappa shape index (κ2) is 10.0. The van der Waals surface area contributed by atoms with Gasteiger partial charge in [0.05, 0.1) is 0 Å². The van der Waals surface area contributed by atoms with E-state index in [-0.39, 0.29) is 31.2 Å². The molecule has 2 aromatic rings. The number of sulfone groups is 1. The van der Waals surface area contributed by atoms with E-state index in [0.717, 1.165) is 24.7 Å². The molecule has 0 aliphatic carbocycles. The smallest absolute Gasteiger partial charge is 0.264 e. The van der Waals surface area contributed by atoms with E-state index in [2.05, 4.69) is 5.48 Å². The Morgan fingerprint density at radius 1 is 1.23 bits per heavy atom. The predicted molar refractivity (Wildman–Crippen MR) is 127 cm³/mol. The molecule has 0 aromatic heterocycles. The van der Waals surface area contributed by atoms with Crippen LogP contribution in [0.4, 0.5) is 4.39 Å². The normalized spacial score (nSPS) is 19.8. The summed E-state index contributed by atoms with van der Waals surface area (Å²) in [4.78, 5) is 32.6. The zero-order chi connectivity index (χ0) is 25.2. The van der Waals surface area contributed by atoms with E-state index < -0.39 is 26.8 Å². The summed E-state index contributed by atoms with van der Waals surface area (Å²) in [5, 5.41) is 0. The molecule has 188 valence electrons. The van der Waals surface area contributed by atoms with Crippen molar-refractivity contribution in [2.24, 2.45) is 0 Å². The van der Waals surface area contributed by atoms with Crippen LogP contribution in [-0.2, 0) is 30.8 Å². The predicted octanol–water partition coefficient (Wildman–Crippen LogP) is 3.22. The Balaban J connectivity index is 1.45. The Morgan fingerprint density at radius 3 is 2.69 bits per heavy atom. The first-order chi connectivity index (χ1) is 16.6. The average Bonchev–Trinajstić information content (AvgIpc) is 3.16. The molecule has 0 radical (unpaired) electrons. The van der Waals surface area contributed by atoms with Gasteiger partial charge in [-0.25, -0.2) is 23.1 Å². The van der Waals surface area contributed by atoms with E-state index in [1.54, 1.807) is 36.4 Å². The Hall–Kier alpha value is -2.82. The van der Waals surface area contributed by atoms with Gasteiger partial charge in [0.25, 0.3) is 11.8 Å². The third kappa shape index (κ3) is 5.24. The van der Waals surface area contributed by atoms with Crippen molar-refractivity contribution in [2.45, 2.75) is 50.2 Å². The van der Waals surface area contributed by atoms with E-state index >= 15 is 0 Å². The lowest BCUT2D eigenvalue weighted by Gasteiger charge is -2.29. The molecule has 2 aliphatic heterocycles. The molecular formula is C25H29FN2O6S. The van der Waals surface area contributed by atoms with Gasteiger partial charge in [-0.1, -0.05) is 24.3 Å². The van der Waals surface area contributed by atoms with Gasteiger partial charge >= 0.3 is 0 Å². The number of hydrogen-bond donors (Lipinski definition) is 1. The fourth-order valence-electron chi connectivity index (χ4n) is 4.27. The number of amides is 2. The maximum atomic E-state index is 14.2. The fourth-order valence-corrected chi connectivity index (χ4v) is 5.11. The molecule has 1 saturated heterocycles. The molecule has 10 heteroatoms. The molecule has 2 aromatic carbocycles. The molecule has 2 aliphatic rings. The summed E-state index contributed by atoms with van der Waals surface area (Å²) in [6.07, 6.45) is 2.65. The minimum Gasteiger partial charge on any atom is -0.350 e. The number of benzene rings is 2. The van der Waals surface area contributed by atoms with Crippen LogP contribution in [0.5, 0.6) is 0 Å². The Kier molecular flexibility index (Phi) is 7.25. The second-order valence-corrected chi connectivity index (χ2v) is 11.6. The van der Waals surface area contributed by atoms with Crippen LogP contribution >= 0.6 is 0 Å². The van der Waals surface area contributed by atoms with E-state index in [1.165, 1.54) is 17.9 Å². The number of nitrogens with one attached hydrogen (secondary N) is 1. The number of hydrogen-bond acceptors (Lipinski definition) is 6. The minimum atomic E-state index is -3.85. The van der Waals surface area contributed by atoms with Crippen LogP contribution in [0, 0.1) is 5.82 Å². The van der Waals surface area contributed by atoms with Crippen molar-refractivity contribution in [3.63, 3.8) is 0 Å². The second-order valence-electron chi connectivity index (χ2n) is 9.18. The summed E-state index contributed by atoms with van der Waals surface area (Å²) in [6, 6.07) is 11.5. The lowest BCUT2D eigenvalue weighted by molar-refractivity contribution is -0.201. The van der Waals surface area contributed by atoms with Gasteiger partial charge in [0.1, 0.15) is 5.82 Å². The topological polar surface area (TPSA) is 102 Å².